The number of likely N-dealkylation sites (N-methyl/N-ethyl adjacent to an activating group) is 1. The summed E-state index contributed by atoms with van der Waals surface area (Å²) in [6.45, 7) is 9.58. The molecule has 0 spiro atoms. The zero-order chi connectivity index (χ0) is 15.0. The summed E-state index contributed by atoms with van der Waals surface area (Å²) in [4.78, 5) is 11.6. The standard InChI is InChI=1S/C17H27NO2/c1-5-18-16(12-17(19)20-6-2)11-14-7-9-15(10-8-14)13(3)4/h7-10,13,16,18H,5-6,11-12H2,1-4H3. The maximum atomic E-state index is 11.6. The first-order valence-corrected chi connectivity index (χ1v) is 7.54. The molecular weight excluding hydrogens is 250 g/mol. The van der Waals surface area contributed by atoms with Crippen LogP contribution in [0.1, 0.15) is 51.2 Å². The van der Waals surface area contributed by atoms with Crippen molar-refractivity contribution in [3.05, 3.63) is 35.4 Å². The first-order chi connectivity index (χ1) is 9.56. The number of carbonyl (C=O) groups is 1. The van der Waals surface area contributed by atoms with Gasteiger partial charge in [0.1, 0.15) is 0 Å². The summed E-state index contributed by atoms with van der Waals surface area (Å²) in [5.74, 6) is 0.422. The predicted molar refractivity (Wildman–Crippen MR) is 82.9 cm³/mol. The van der Waals surface area contributed by atoms with Gasteiger partial charge < -0.3 is 10.1 Å². The highest BCUT2D eigenvalue weighted by Crippen LogP contribution is 2.16. The van der Waals surface area contributed by atoms with Crippen LogP contribution in [0.4, 0.5) is 0 Å². The van der Waals surface area contributed by atoms with E-state index in [0.717, 1.165) is 13.0 Å². The van der Waals surface area contributed by atoms with Gasteiger partial charge in [-0.05, 0) is 36.9 Å². The molecule has 1 aromatic rings. The summed E-state index contributed by atoms with van der Waals surface area (Å²) in [5.41, 5.74) is 2.60. The van der Waals surface area contributed by atoms with E-state index in [9.17, 15) is 4.79 Å². The Bertz CT molecular complexity index is 398. The molecule has 0 aliphatic heterocycles. The fourth-order valence-corrected chi connectivity index (χ4v) is 2.25. The normalized spacial score (nSPS) is 12.4. The number of esters is 1. The summed E-state index contributed by atoms with van der Waals surface area (Å²) in [6, 6.07) is 8.81. The molecule has 0 saturated heterocycles. The summed E-state index contributed by atoms with van der Waals surface area (Å²) in [7, 11) is 0. The van der Waals surface area contributed by atoms with Crippen LogP contribution in [-0.2, 0) is 16.0 Å². The zero-order valence-electron chi connectivity index (χ0n) is 13.1. The van der Waals surface area contributed by atoms with Crippen LogP contribution in [0.3, 0.4) is 0 Å². The molecule has 3 nitrogen and oxygen atoms in total. The Morgan fingerprint density at radius 1 is 1.20 bits per heavy atom. The van der Waals surface area contributed by atoms with Gasteiger partial charge in [-0.2, -0.15) is 0 Å². The third-order valence-electron chi connectivity index (χ3n) is 3.34. The Balaban J connectivity index is 2.62. The molecule has 1 N–H and O–H groups in total. The molecule has 1 unspecified atom stereocenters. The molecule has 20 heavy (non-hydrogen) atoms. The third kappa shape index (κ3) is 5.74. The number of benzene rings is 1. The van der Waals surface area contributed by atoms with Gasteiger partial charge in [0.15, 0.2) is 0 Å². The van der Waals surface area contributed by atoms with Crippen molar-refractivity contribution in [1.29, 1.82) is 0 Å². The molecule has 0 fully saturated rings. The monoisotopic (exact) mass is 277 g/mol. The van der Waals surface area contributed by atoms with Gasteiger partial charge in [-0.25, -0.2) is 0 Å². The van der Waals surface area contributed by atoms with Crippen LogP contribution in [0.5, 0.6) is 0 Å². The summed E-state index contributed by atoms with van der Waals surface area (Å²) in [5, 5.41) is 3.36. The van der Waals surface area contributed by atoms with Crippen molar-refractivity contribution in [2.45, 2.75) is 52.5 Å². The highest BCUT2D eigenvalue weighted by molar-refractivity contribution is 5.70. The Morgan fingerprint density at radius 2 is 1.85 bits per heavy atom. The van der Waals surface area contributed by atoms with Crippen molar-refractivity contribution in [2.24, 2.45) is 0 Å². The molecule has 0 aliphatic carbocycles. The lowest BCUT2D eigenvalue weighted by atomic mass is 9.98. The minimum absolute atomic E-state index is 0.128. The van der Waals surface area contributed by atoms with E-state index >= 15 is 0 Å². The molecule has 1 aromatic carbocycles. The van der Waals surface area contributed by atoms with Crippen LogP contribution in [0.15, 0.2) is 24.3 Å². The molecule has 0 amide bonds. The molecule has 1 atom stereocenters. The predicted octanol–water partition coefficient (Wildman–Crippen LogP) is 3.28. The fourth-order valence-electron chi connectivity index (χ4n) is 2.25. The minimum atomic E-state index is -0.128. The van der Waals surface area contributed by atoms with Gasteiger partial charge in [-0.15, -0.1) is 0 Å². The van der Waals surface area contributed by atoms with Gasteiger partial charge in [0.25, 0.3) is 0 Å². The summed E-state index contributed by atoms with van der Waals surface area (Å²) in [6.07, 6.45) is 1.28. The number of rotatable bonds is 8. The molecular formula is C17H27NO2. The van der Waals surface area contributed by atoms with Crippen molar-refractivity contribution >= 4 is 5.97 Å². The van der Waals surface area contributed by atoms with Gasteiger partial charge in [-0.3, -0.25) is 4.79 Å². The molecule has 0 aliphatic rings. The molecule has 3 heteroatoms. The van der Waals surface area contributed by atoms with E-state index in [2.05, 4.69) is 50.4 Å². The van der Waals surface area contributed by atoms with Crippen molar-refractivity contribution in [1.82, 2.24) is 5.32 Å². The molecule has 112 valence electrons. The number of carbonyl (C=O) groups excluding carboxylic acids is 1. The van der Waals surface area contributed by atoms with Crippen LogP contribution in [0.25, 0.3) is 0 Å². The van der Waals surface area contributed by atoms with Gasteiger partial charge in [0.2, 0.25) is 0 Å². The van der Waals surface area contributed by atoms with E-state index in [1.165, 1.54) is 11.1 Å². The lowest BCUT2D eigenvalue weighted by Gasteiger charge is -2.17. The molecule has 0 aromatic heterocycles. The molecule has 0 saturated carbocycles. The minimum Gasteiger partial charge on any atom is -0.466 e. The quantitative estimate of drug-likeness (QED) is 0.741. The van der Waals surface area contributed by atoms with Crippen molar-refractivity contribution in [2.75, 3.05) is 13.2 Å². The van der Waals surface area contributed by atoms with E-state index < -0.39 is 0 Å². The van der Waals surface area contributed by atoms with Crippen LogP contribution in [0, 0.1) is 0 Å². The largest absolute Gasteiger partial charge is 0.466 e. The Morgan fingerprint density at radius 3 is 2.35 bits per heavy atom. The van der Waals surface area contributed by atoms with E-state index in [1.807, 2.05) is 6.92 Å². The lowest BCUT2D eigenvalue weighted by Crippen LogP contribution is -2.33. The maximum absolute atomic E-state index is 11.6. The molecule has 1 rings (SSSR count). The maximum Gasteiger partial charge on any atom is 0.307 e. The average Bonchev–Trinajstić information content (AvgIpc) is 2.39. The number of hydrogen-bond acceptors (Lipinski definition) is 3. The Labute approximate surface area is 122 Å². The van der Waals surface area contributed by atoms with E-state index in [-0.39, 0.29) is 12.0 Å². The number of hydrogen-bond donors (Lipinski definition) is 1. The first-order valence-electron chi connectivity index (χ1n) is 7.54. The van der Waals surface area contributed by atoms with Crippen LogP contribution < -0.4 is 5.32 Å². The van der Waals surface area contributed by atoms with Gasteiger partial charge in [-0.1, -0.05) is 45.0 Å². The fraction of sp³-hybridized carbons (Fsp3) is 0.588. The van der Waals surface area contributed by atoms with Crippen LogP contribution in [0.2, 0.25) is 0 Å². The number of ether oxygens (including phenoxy) is 1. The van der Waals surface area contributed by atoms with Crippen molar-refractivity contribution in [3.63, 3.8) is 0 Å². The van der Waals surface area contributed by atoms with Crippen molar-refractivity contribution < 1.29 is 9.53 Å². The lowest BCUT2D eigenvalue weighted by molar-refractivity contribution is -0.143. The SMILES string of the molecule is CCNC(CC(=O)OCC)Cc1ccc(C(C)C)cc1. The van der Waals surface area contributed by atoms with E-state index in [4.69, 9.17) is 4.74 Å². The van der Waals surface area contributed by atoms with E-state index in [1.54, 1.807) is 0 Å². The second-order valence-electron chi connectivity index (χ2n) is 5.36. The first kappa shape index (κ1) is 16.7. The molecule has 0 bridgehead atoms. The molecule has 0 heterocycles. The highest BCUT2D eigenvalue weighted by Gasteiger charge is 2.14. The Kier molecular flexibility index (Phi) is 7.31. The van der Waals surface area contributed by atoms with Crippen LogP contribution in [-0.4, -0.2) is 25.2 Å². The van der Waals surface area contributed by atoms with Crippen LogP contribution >= 0.6 is 0 Å². The topological polar surface area (TPSA) is 38.3 Å². The van der Waals surface area contributed by atoms with Gasteiger partial charge >= 0.3 is 5.97 Å². The summed E-state index contributed by atoms with van der Waals surface area (Å²) < 4.78 is 5.03. The zero-order valence-corrected chi connectivity index (χ0v) is 13.1. The highest BCUT2D eigenvalue weighted by atomic mass is 16.5. The summed E-state index contributed by atoms with van der Waals surface area (Å²) >= 11 is 0. The average molecular weight is 277 g/mol. The van der Waals surface area contributed by atoms with E-state index in [0.29, 0.717) is 18.9 Å². The number of nitrogens with one attached hydrogen (secondary N) is 1. The third-order valence-corrected chi connectivity index (χ3v) is 3.34. The smallest absolute Gasteiger partial charge is 0.307 e. The van der Waals surface area contributed by atoms with Gasteiger partial charge in [0, 0.05) is 6.04 Å². The Hall–Kier alpha value is -1.35. The van der Waals surface area contributed by atoms with Gasteiger partial charge in [0.05, 0.1) is 13.0 Å². The van der Waals surface area contributed by atoms with Crippen molar-refractivity contribution in [3.8, 4) is 0 Å². The second-order valence-corrected chi connectivity index (χ2v) is 5.36. The second kappa shape index (κ2) is 8.75. The molecule has 0 radical (unpaired) electrons.